The number of rotatable bonds is 5. The van der Waals surface area contributed by atoms with E-state index in [-0.39, 0.29) is 11.8 Å². The van der Waals surface area contributed by atoms with Crippen LogP contribution in [0.2, 0.25) is 5.02 Å². The molecule has 1 saturated heterocycles. The highest BCUT2D eigenvalue weighted by Crippen LogP contribution is 2.27. The van der Waals surface area contributed by atoms with E-state index in [0.717, 1.165) is 16.7 Å². The van der Waals surface area contributed by atoms with Gasteiger partial charge in [-0.15, -0.1) is 10.1 Å². The van der Waals surface area contributed by atoms with Crippen molar-refractivity contribution in [3.63, 3.8) is 0 Å². The van der Waals surface area contributed by atoms with E-state index in [0.29, 0.717) is 16.3 Å². The summed E-state index contributed by atoms with van der Waals surface area (Å²) in [7, 11) is 1.60. The predicted molar refractivity (Wildman–Crippen MR) is 123 cm³/mol. The first-order valence-electron chi connectivity index (χ1n) is 10.2. The molecule has 0 saturated carbocycles. The summed E-state index contributed by atoms with van der Waals surface area (Å²) in [6, 6.07) is 20.7. The number of hydrogen-bond acceptors (Lipinski definition) is 3. The van der Waals surface area contributed by atoms with Crippen molar-refractivity contribution >= 4 is 29.6 Å². The monoisotopic (exact) mass is 448 g/mol. The first-order chi connectivity index (χ1) is 15.4. The number of nitrogens with zero attached hydrogens (tertiary/aromatic N) is 1. The van der Waals surface area contributed by atoms with Gasteiger partial charge in [0, 0.05) is 21.7 Å². The molecule has 0 radical (unpaired) electrons. The Morgan fingerprint density at radius 2 is 1.81 bits per heavy atom. The molecule has 2 atom stereocenters. The Bertz CT molecular complexity index is 1170. The minimum atomic E-state index is -0.792. The molecule has 2 amide bonds. The summed E-state index contributed by atoms with van der Waals surface area (Å²) >= 11 is 6.00. The number of carbonyl (C=O) groups excluding carboxylic acids is 2. The number of aryl methyl sites for hydroxylation is 1. The summed E-state index contributed by atoms with van der Waals surface area (Å²) in [5.41, 5.74) is 6.06. The number of ether oxygens (including phenoxy) is 1. The van der Waals surface area contributed by atoms with Crippen LogP contribution in [0.1, 0.15) is 33.1 Å². The number of hydrogen-bond donors (Lipinski definition) is 2. The third-order valence-electron chi connectivity index (χ3n) is 5.32. The zero-order valence-electron chi connectivity index (χ0n) is 17.7. The van der Waals surface area contributed by atoms with Gasteiger partial charge in [0.25, 0.3) is 5.91 Å². The van der Waals surface area contributed by atoms with E-state index in [2.05, 4.69) is 10.7 Å². The molecule has 0 aromatic heterocycles. The summed E-state index contributed by atoms with van der Waals surface area (Å²) in [6.45, 7) is 1.92. The van der Waals surface area contributed by atoms with Gasteiger partial charge in [0.1, 0.15) is 5.75 Å². The topological polar surface area (TPSA) is 70.4 Å². The molecule has 7 heteroatoms. The molecular formula is C25H23ClN3O3+. The van der Waals surface area contributed by atoms with E-state index in [4.69, 9.17) is 16.3 Å². The van der Waals surface area contributed by atoms with Crippen LogP contribution in [0.3, 0.4) is 0 Å². The average molecular weight is 449 g/mol. The van der Waals surface area contributed by atoms with Crippen molar-refractivity contribution in [1.29, 1.82) is 0 Å². The second-order valence-corrected chi connectivity index (χ2v) is 8.04. The first-order valence-corrected chi connectivity index (χ1v) is 10.5. The lowest BCUT2D eigenvalue weighted by Crippen LogP contribution is -2.42. The lowest BCUT2D eigenvalue weighted by atomic mass is 9.99. The van der Waals surface area contributed by atoms with Crippen LogP contribution in [0.25, 0.3) is 0 Å². The third kappa shape index (κ3) is 4.65. The Morgan fingerprint density at radius 1 is 1.09 bits per heavy atom. The van der Waals surface area contributed by atoms with E-state index in [9.17, 15) is 9.59 Å². The van der Waals surface area contributed by atoms with Gasteiger partial charge in [-0.25, -0.2) is 0 Å². The Balaban J connectivity index is 1.70. The number of benzene rings is 3. The molecule has 1 fully saturated rings. The van der Waals surface area contributed by atoms with Crippen LogP contribution in [0.15, 0.2) is 72.8 Å². The Kier molecular flexibility index (Phi) is 6.23. The quantitative estimate of drug-likeness (QED) is 0.585. The maximum Gasteiger partial charge on any atom is 0.304 e. The molecule has 3 aromatic rings. The van der Waals surface area contributed by atoms with E-state index in [1.165, 1.54) is 0 Å². The molecule has 0 aliphatic carbocycles. The molecule has 2 N–H and O–H groups in total. The number of carbonyl (C=O) groups is 2. The lowest BCUT2D eigenvalue weighted by Gasteiger charge is -2.15. The molecule has 0 bridgehead atoms. The molecular weight excluding hydrogens is 426 g/mol. The van der Waals surface area contributed by atoms with Crippen molar-refractivity contribution in [3.05, 3.63) is 100 Å². The molecule has 1 aliphatic heterocycles. The fraction of sp³-hybridized carbons (Fsp3) is 0.160. The number of nitrogens with one attached hydrogen (secondary N) is 2. The second-order valence-electron chi connectivity index (χ2n) is 7.60. The zero-order valence-corrected chi connectivity index (χ0v) is 18.5. The normalized spacial score (nSPS) is 19.0. The predicted octanol–water partition coefficient (Wildman–Crippen LogP) is 3.67. The van der Waals surface area contributed by atoms with Gasteiger partial charge in [-0.2, -0.15) is 0 Å². The standard InChI is InChI=1S/C25H22ClN3O3/c1-16-4-3-5-19(14-16)24(30)27-22-23(18-8-12-21(32-2)13-9-18)29(28-25(22)31)15-17-6-10-20(26)11-7-17/h3-15,22-23H,1-2H3,(H-,27,28,30,31)/p+1/b29-15-/t22-,23+/m0/s1. The molecule has 162 valence electrons. The minimum Gasteiger partial charge on any atom is -0.497 e. The van der Waals surface area contributed by atoms with E-state index < -0.39 is 12.1 Å². The number of amides is 2. The van der Waals surface area contributed by atoms with Crippen molar-refractivity contribution in [2.45, 2.75) is 19.0 Å². The summed E-state index contributed by atoms with van der Waals surface area (Å²) in [6.07, 6.45) is 1.82. The van der Waals surface area contributed by atoms with Gasteiger partial charge in [-0.1, -0.05) is 29.3 Å². The molecule has 3 aromatic carbocycles. The zero-order chi connectivity index (χ0) is 22.7. The highest BCUT2D eigenvalue weighted by molar-refractivity contribution is 6.30. The average Bonchev–Trinajstić information content (AvgIpc) is 3.09. The molecule has 0 unspecified atom stereocenters. The molecule has 6 nitrogen and oxygen atoms in total. The van der Waals surface area contributed by atoms with Gasteiger partial charge in [0.2, 0.25) is 12.3 Å². The van der Waals surface area contributed by atoms with Crippen LogP contribution in [0.4, 0.5) is 0 Å². The maximum atomic E-state index is 12.9. The molecule has 1 aliphatic rings. The highest BCUT2D eigenvalue weighted by atomic mass is 35.5. The highest BCUT2D eigenvalue weighted by Gasteiger charge is 2.47. The molecule has 0 spiro atoms. The smallest absolute Gasteiger partial charge is 0.304 e. The van der Waals surface area contributed by atoms with Gasteiger partial charge in [-0.05, 0) is 67.6 Å². The summed E-state index contributed by atoms with van der Waals surface area (Å²) in [4.78, 5) is 25.9. The number of methoxy groups -OCH3 is 1. The van der Waals surface area contributed by atoms with Gasteiger partial charge in [0.05, 0.1) is 7.11 Å². The molecule has 32 heavy (non-hydrogen) atoms. The second kappa shape index (κ2) is 9.24. The third-order valence-corrected chi connectivity index (χ3v) is 5.57. The SMILES string of the molecule is COc1ccc([C@@H]2[C@H](NC(=O)c3cccc(C)c3)C(=O)N/[N+]2=C\c2ccc(Cl)cc2)cc1. The molecule has 1 heterocycles. The van der Waals surface area contributed by atoms with Gasteiger partial charge in [-0.3, -0.25) is 9.59 Å². The van der Waals surface area contributed by atoms with Crippen molar-refractivity contribution in [1.82, 2.24) is 10.7 Å². The van der Waals surface area contributed by atoms with Crippen LogP contribution in [0.5, 0.6) is 5.75 Å². The fourth-order valence-electron chi connectivity index (χ4n) is 3.70. The van der Waals surface area contributed by atoms with Crippen molar-refractivity contribution in [2.24, 2.45) is 0 Å². The van der Waals surface area contributed by atoms with E-state index in [1.54, 1.807) is 36.1 Å². The van der Waals surface area contributed by atoms with E-state index in [1.807, 2.05) is 61.7 Å². The lowest BCUT2D eigenvalue weighted by molar-refractivity contribution is -0.596. The van der Waals surface area contributed by atoms with Crippen LogP contribution < -0.4 is 15.5 Å². The first kappa shape index (κ1) is 21.6. The summed E-state index contributed by atoms with van der Waals surface area (Å²) < 4.78 is 6.98. The Labute approximate surface area is 191 Å². The number of hydrazone groups is 1. The van der Waals surface area contributed by atoms with Crippen LogP contribution in [-0.4, -0.2) is 35.9 Å². The minimum absolute atomic E-state index is 0.294. The van der Waals surface area contributed by atoms with E-state index >= 15 is 0 Å². The van der Waals surface area contributed by atoms with Crippen molar-refractivity contribution in [2.75, 3.05) is 7.11 Å². The van der Waals surface area contributed by atoms with Crippen molar-refractivity contribution < 1.29 is 19.0 Å². The van der Waals surface area contributed by atoms with Crippen molar-refractivity contribution in [3.8, 4) is 5.75 Å². The maximum absolute atomic E-state index is 12.9. The van der Waals surface area contributed by atoms with Gasteiger partial charge >= 0.3 is 5.91 Å². The number of halogens is 1. The largest absolute Gasteiger partial charge is 0.497 e. The summed E-state index contributed by atoms with van der Waals surface area (Å²) in [5.74, 6) is 0.109. The van der Waals surface area contributed by atoms with Gasteiger partial charge < -0.3 is 10.1 Å². The Hall–Kier alpha value is -3.64. The van der Waals surface area contributed by atoms with Crippen LogP contribution >= 0.6 is 11.6 Å². The number of hydrazine groups is 1. The van der Waals surface area contributed by atoms with Crippen LogP contribution in [0, 0.1) is 6.92 Å². The van der Waals surface area contributed by atoms with Gasteiger partial charge in [0.15, 0.2) is 6.04 Å². The summed E-state index contributed by atoms with van der Waals surface area (Å²) in [5, 5.41) is 3.54. The molecule has 4 rings (SSSR count). The van der Waals surface area contributed by atoms with Crippen LogP contribution in [-0.2, 0) is 4.79 Å². The fourth-order valence-corrected chi connectivity index (χ4v) is 3.83. The Morgan fingerprint density at radius 3 is 2.47 bits per heavy atom.